The average molecular weight is 398 g/mol. The zero-order valence-electron chi connectivity index (χ0n) is 12.7. The fraction of sp³-hybridized carbons (Fsp3) is 0.375. The summed E-state index contributed by atoms with van der Waals surface area (Å²) in [6.45, 7) is 4.02. The number of hydrogen-bond donors (Lipinski definition) is 2. The van der Waals surface area contributed by atoms with Crippen LogP contribution in [0, 0.1) is 6.92 Å². The first-order chi connectivity index (χ1) is 10.6. The molecular formula is C16H18BrClN4O. The number of nitrogens with zero attached hydrogens (tertiary/aromatic N) is 2. The van der Waals surface area contributed by atoms with Crippen molar-refractivity contribution in [3.05, 3.63) is 44.3 Å². The van der Waals surface area contributed by atoms with Gasteiger partial charge in [-0.2, -0.15) is 5.10 Å². The highest BCUT2D eigenvalue weighted by Gasteiger charge is 2.21. The van der Waals surface area contributed by atoms with E-state index >= 15 is 0 Å². The molecule has 3 heterocycles. The molecule has 0 unspecified atom stereocenters. The molecule has 23 heavy (non-hydrogen) atoms. The third-order valence-electron chi connectivity index (χ3n) is 4.49. The molecule has 0 aliphatic carbocycles. The van der Waals surface area contributed by atoms with Gasteiger partial charge in [-0.25, -0.2) is 4.52 Å². The molecule has 0 bridgehead atoms. The summed E-state index contributed by atoms with van der Waals surface area (Å²) in [7, 11) is 0. The van der Waals surface area contributed by atoms with Crippen LogP contribution < -0.4 is 10.9 Å². The number of halogens is 2. The lowest BCUT2D eigenvalue weighted by molar-refractivity contribution is 0.446. The van der Waals surface area contributed by atoms with Gasteiger partial charge in [0.15, 0.2) is 0 Å². The van der Waals surface area contributed by atoms with E-state index in [1.54, 1.807) is 6.07 Å². The molecule has 7 heteroatoms. The van der Waals surface area contributed by atoms with Gasteiger partial charge in [-0.1, -0.05) is 6.07 Å². The van der Waals surface area contributed by atoms with Crippen molar-refractivity contribution in [2.24, 2.45) is 0 Å². The van der Waals surface area contributed by atoms with Gasteiger partial charge < -0.3 is 10.3 Å². The molecule has 3 aromatic rings. The smallest absolute Gasteiger partial charge is 0.251 e. The summed E-state index contributed by atoms with van der Waals surface area (Å²) in [5.74, 6) is 0.375. The Hall–Kier alpha value is -1.37. The molecule has 0 amide bonds. The van der Waals surface area contributed by atoms with Crippen molar-refractivity contribution in [1.29, 1.82) is 0 Å². The number of benzene rings is 1. The standard InChI is InChI=1S/C16H17BrN4O.ClH/c1-9-2-3-11-14(15(9)17)16-19-13(22)8-12(21(16)20-11)10-4-6-18-7-5-10;/h2-3,8,10,18H,4-7H2,1H3,(H,19,22);1H. The summed E-state index contributed by atoms with van der Waals surface area (Å²) in [6.07, 6.45) is 2.07. The second kappa shape index (κ2) is 6.26. The SMILES string of the molecule is Cc1ccc2nn3c(C4CCNCC4)cc(=O)[nH]c3c2c1Br.Cl. The van der Waals surface area contributed by atoms with E-state index in [1.807, 2.05) is 23.6 Å². The third-order valence-corrected chi connectivity index (χ3v) is 5.51. The number of aromatic nitrogens is 3. The van der Waals surface area contributed by atoms with E-state index in [0.717, 1.165) is 58.2 Å². The second-order valence-electron chi connectivity index (χ2n) is 5.93. The number of rotatable bonds is 1. The Labute approximate surface area is 148 Å². The summed E-state index contributed by atoms with van der Waals surface area (Å²) in [4.78, 5) is 15.1. The van der Waals surface area contributed by atoms with Gasteiger partial charge in [0.05, 0.1) is 16.6 Å². The number of aromatic amines is 1. The van der Waals surface area contributed by atoms with Gasteiger partial charge in [0.2, 0.25) is 0 Å². The monoisotopic (exact) mass is 396 g/mol. The molecule has 5 nitrogen and oxygen atoms in total. The molecule has 4 rings (SSSR count). The first kappa shape index (κ1) is 16.5. The molecule has 0 radical (unpaired) electrons. The van der Waals surface area contributed by atoms with E-state index in [1.165, 1.54) is 0 Å². The van der Waals surface area contributed by atoms with Gasteiger partial charge in [0.25, 0.3) is 5.56 Å². The summed E-state index contributed by atoms with van der Waals surface area (Å²) < 4.78 is 2.92. The van der Waals surface area contributed by atoms with Crippen LogP contribution in [0.25, 0.3) is 16.6 Å². The Morgan fingerprint density at radius 1 is 1.30 bits per heavy atom. The van der Waals surface area contributed by atoms with Crippen LogP contribution in [-0.4, -0.2) is 27.7 Å². The summed E-state index contributed by atoms with van der Waals surface area (Å²) in [5, 5.41) is 9.08. The molecule has 0 atom stereocenters. The van der Waals surface area contributed by atoms with E-state index in [2.05, 4.69) is 26.2 Å². The topological polar surface area (TPSA) is 62.2 Å². The van der Waals surface area contributed by atoms with Crippen molar-refractivity contribution < 1.29 is 0 Å². The zero-order chi connectivity index (χ0) is 15.3. The van der Waals surface area contributed by atoms with Crippen LogP contribution in [0.5, 0.6) is 0 Å². The molecule has 1 saturated heterocycles. The van der Waals surface area contributed by atoms with Crippen LogP contribution in [0.1, 0.15) is 30.0 Å². The summed E-state index contributed by atoms with van der Waals surface area (Å²) in [6, 6.07) is 5.75. The average Bonchev–Trinajstić information content (AvgIpc) is 2.90. The molecule has 1 aliphatic rings. The number of nitrogens with one attached hydrogen (secondary N) is 2. The number of piperidine rings is 1. The minimum atomic E-state index is -0.0590. The van der Waals surface area contributed by atoms with Crippen LogP contribution in [0.4, 0.5) is 0 Å². The first-order valence-corrected chi connectivity index (χ1v) is 8.36. The molecular weight excluding hydrogens is 380 g/mol. The van der Waals surface area contributed by atoms with Crippen LogP contribution >= 0.6 is 28.3 Å². The summed E-state index contributed by atoms with van der Waals surface area (Å²) in [5.41, 5.74) is 3.77. The van der Waals surface area contributed by atoms with Gasteiger partial charge in [0.1, 0.15) is 5.65 Å². The molecule has 1 aromatic carbocycles. The van der Waals surface area contributed by atoms with E-state index in [0.29, 0.717) is 5.92 Å². The highest BCUT2D eigenvalue weighted by atomic mass is 79.9. The lowest BCUT2D eigenvalue weighted by Crippen LogP contribution is -2.28. The third kappa shape index (κ3) is 2.69. The predicted octanol–water partition coefficient (Wildman–Crippen LogP) is 3.14. The first-order valence-electron chi connectivity index (χ1n) is 7.56. The number of H-pyrrole nitrogens is 1. The van der Waals surface area contributed by atoms with Crippen LogP contribution in [0.3, 0.4) is 0 Å². The second-order valence-corrected chi connectivity index (χ2v) is 6.73. The Kier molecular flexibility index (Phi) is 4.49. The fourth-order valence-electron chi connectivity index (χ4n) is 3.30. The normalized spacial score (nSPS) is 15.9. The number of hydrogen-bond acceptors (Lipinski definition) is 3. The minimum Gasteiger partial charge on any atom is -0.317 e. The lowest BCUT2D eigenvalue weighted by Gasteiger charge is -2.23. The van der Waals surface area contributed by atoms with E-state index in [9.17, 15) is 4.79 Å². The van der Waals surface area contributed by atoms with Crippen molar-refractivity contribution in [1.82, 2.24) is 19.9 Å². The van der Waals surface area contributed by atoms with Gasteiger partial charge >= 0.3 is 0 Å². The molecule has 1 aliphatic heterocycles. The van der Waals surface area contributed by atoms with Crippen molar-refractivity contribution in [2.75, 3.05) is 13.1 Å². The molecule has 0 spiro atoms. The van der Waals surface area contributed by atoms with Crippen LogP contribution in [-0.2, 0) is 0 Å². The molecule has 2 N–H and O–H groups in total. The minimum absolute atomic E-state index is 0. The highest BCUT2D eigenvalue weighted by molar-refractivity contribution is 9.10. The molecule has 122 valence electrons. The fourth-order valence-corrected chi connectivity index (χ4v) is 3.82. The van der Waals surface area contributed by atoms with Crippen molar-refractivity contribution in [3.8, 4) is 0 Å². The van der Waals surface area contributed by atoms with Gasteiger partial charge in [0, 0.05) is 16.5 Å². The number of aryl methyl sites for hydroxylation is 1. The molecule has 1 fully saturated rings. The van der Waals surface area contributed by atoms with Crippen LogP contribution in [0.2, 0.25) is 0 Å². The van der Waals surface area contributed by atoms with E-state index in [4.69, 9.17) is 5.10 Å². The lowest BCUT2D eigenvalue weighted by atomic mass is 9.94. The zero-order valence-corrected chi connectivity index (χ0v) is 15.1. The molecule has 2 aromatic heterocycles. The molecule has 0 saturated carbocycles. The Balaban J connectivity index is 0.00000156. The Morgan fingerprint density at radius 3 is 2.78 bits per heavy atom. The van der Waals surface area contributed by atoms with Crippen molar-refractivity contribution in [2.45, 2.75) is 25.7 Å². The highest BCUT2D eigenvalue weighted by Crippen LogP contribution is 2.32. The van der Waals surface area contributed by atoms with Gasteiger partial charge in [-0.3, -0.25) is 4.79 Å². The quantitative estimate of drug-likeness (QED) is 0.663. The van der Waals surface area contributed by atoms with Crippen LogP contribution in [0.15, 0.2) is 27.5 Å². The largest absolute Gasteiger partial charge is 0.317 e. The maximum Gasteiger partial charge on any atom is 0.251 e. The van der Waals surface area contributed by atoms with E-state index < -0.39 is 0 Å². The van der Waals surface area contributed by atoms with Crippen molar-refractivity contribution in [3.63, 3.8) is 0 Å². The Bertz CT molecular complexity index is 927. The number of fused-ring (bicyclic) bond motifs is 3. The van der Waals surface area contributed by atoms with Gasteiger partial charge in [-0.05, 0) is 60.4 Å². The van der Waals surface area contributed by atoms with Gasteiger partial charge in [-0.15, -0.1) is 12.4 Å². The summed E-state index contributed by atoms with van der Waals surface area (Å²) >= 11 is 3.64. The predicted molar refractivity (Wildman–Crippen MR) is 97.8 cm³/mol. The maximum absolute atomic E-state index is 12.2. The maximum atomic E-state index is 12.2. The van der Waals surface area contributed by atoms with Crippen molar-refractivity contribution >= 4 is 44.9 Å². The Morgan fingerprint density at radius 2 is 2.04 bits per heavy atom. The van der Waals surface area contributed by atoms with E-state index in [-0.39, 0.29) is 18.0 Å².